The topological polar surface area (TPSA) is 81.1 Å². The van der Waals surface area contributed by atoms with E-state index >= 15 is 4.39 Å². The lowest BCUT2D eigenvalue weighted by atomic mass is 9.83. The summed E-state index contributed by atoms with van der Waals surface area (Å²) in [4.78, 5) is 35.2. The number of aromatic nitrogens is 1. The number of carbonyl (C=O) groups excluding carboxylic acids is 2. The first-order valence-electron chi connectivity index (χ1n) is 10.4. The highest BCUT2D eigenvalue weighted by molar-refractivity contribution is 6.35. The van der Waals surface area contributed by atoms with Gasteiger partial charge in [-0.25, -0.2) is 37.6 Å². The van der Waals surface area contributed by atoms with Gasteiger partial charge in [0.05, 0.1) is 7.11 Å². The lowest BCUT2D eigenvalue weighted by molar-refractivity contribution is -0.137. The molecule has 2 aromatic rings. The first kappa shape index (κ1) is 26.2. The molecule has 7 nitrogen and oxygen atoms in total. The first-order chi connectivity index (χ1) is 16.2. The number of amidine groups is 1. The molecule has 1 unspecified atom stereocenters. The Balaban J connectivity index is 2.38. The predicted octanol–water partition coefficient (Wildman–Crippen LogP) is 5.34. The Morgan fingerprint density at radius 2 is 1.74 bits per heavy atom. The molecule has 1 amide bonds. The lowest BCUT2D eigenvalue weighted by Gasteiger charge is -2.38. The maximum atomic E-state index is 15.0. The third-order valence-corrected chi connectivity index (χ3v) is 5.43. The summed E-state index contributed by atoms with van der Waals surface area (Å²) in [5.74, 6) is -4.59. The van der Waals surface area contributed by atoms with Crippen LogP contribution in [0, 0.1) is 24.4 Å². The molecule has 35 heavy (non-hydrogen) atoms. The van der Waals surface area contributed by atoms with Gasteiger partial charge in [0.25, 0.3) is 0 Å². The fourth-order valence-corrected chi connectivity index (χ4v) is 3.86. The molecule has 1 aliphatic rings. The quantitative estimate of drug-likeness (QED) is 0.412. The van der Waals surface area contributed by atoms with E-state index in [1.165, 1.54) is 25.3 Å². The zero-order chi connectivity index (χ0) is 26.3. The molecule has 0 aliphatic carbocycles. The van der Waals surface area contributed by atoms with Crippen LogP contribution in [0.4, 0.5) is 18.0 Å². The standard InChI is InChI=1S/C24H23ClF3N3O4/c1-12-9-16(28)18(29-11-12)20-30-24(5,13-7-8-14(26)15(27)10-13)17(21(32)34-6)19(25)31(20)22(33)35-23(2,3)4/h7-11H,1-6H3. The number of esters is 1. The molecule has 3 rings (SSSR count). The van der Waals surface area contributed by atoms with E-state index in [1.54, 1.807) is 27.7 Å². The van der Waals surface area contributed by atoms with Gasteiger partial charge in [0.1, 0.15) is 27.6 Å². The van der Waals surface area contributed by atoms with Crippen molar-refractivity contribution in [2.24, 2.45) is 4.99 Å². The van der Waals surface area contributed by atoms with E-state index in [9.17, 15) is 18.4 Å². The third-order valence-electron chi connectivity index (χ3n) is 5.07. The molecule has 1 aliphatic heterocycles. The molecular formula is C24H23ClF3N3O4. The number of amides is 1. The van der Waals surface area contributed by atoms with E-state index in [1.807, 2.05) is 0 Å². The second kappa shape index (κ2) is 9.33. The van der Waals surface area contributed by atoms with Crippen molar-refractivity contribution < 1.29 is 32.2 Å². The number of nitrogens with zero attached hydrogens (tertiary/aromatic N) is 3. The molecule has 0 spiro atoms. The molecule has 0 bridgehead atoms. The monoisotopic (exact) mass is 509 g/mol. The molecule has 0 saturated carbocycles. The van der Waals surface area contributed by atoms with Crippen LogP contribution < -0.4 is 0 Å². The highest BCUT2D eigenvalue weighted by atomic mass is 35.5. The fourth-order valence-electron chi connectivity index (χ4n) is 3.45. The van der Waals surface area contributed by atoms with Gasteiger partial charge >= 0.3 is 12.1 Å². The van der Waals surface area contributed by atoms with Gasteiger partial charge in [0.2, 0.25) is 0 Å². The van der Waals surface area contributed by atoms with E-state index < -0.39 is 51.6 Å². The molecule has 2 heterocycles. The predicted molar refractivity (Wildman–Crippen MR) is 122 cm³/mol. The number of pyridine rings is 1. The Hall–Kier alpha value is -3.40. The van der Waals surface area contributed by atoms with E-state index in [-0.39, 0.29) is 16.8 Å². The summed E-state index contributed by atoms with van der Waals surface area (Å²) in [6.45, 7) is 7.77. The highest BCUT2D eigenvalue weighted by Gasteiger charge is 2.48. The van der Waals surface area contributed by atoms with Crippen molar-refractivity contribution in [2.45, 2.75) is 45.8 Å². The number of ether oxygens (including phenoxy) is 2. The molecule has 1 aromatic carbocycles. The number of halogens is 4. The van der Waals surface area contributed by atoms with Crippen molar-refractivity contribution in [1.82, 2.24) is 9.88 Å². The Morgan fingerprint density at radius 3 is 2.29 bits per heavy atom. The summed E-state index contributed by atoms with van der Waals surface area (Å²) in [6.07, 6.45) is 0.271. The van der Waals surface area contributed by atoms with Gasteiger partial charge < -0.3 is 9.47 Å². The van der Waals surface area contributed by atoms with Crippen molar-refractivity contribution >= 4 is 29.5 Å². The van der Waals surface area contributed by atoms with Gasteiger partial charge in [-0.3, -0.25) is 0 Å². The molecule has 0 N–H and O–H groups in total. The maximum absolute atomic E-state index is 15.0. The van der Waals surface area contributed by atoms with Gasteiger partial charge in [-0.1, -0.05) is 17.7 Å². The summed E-state index contributed by atoms with van der Waals surface area (Å²) in [5, 5.41) is -0.523. The van der Waals surface area contributed by atoms with E-state index in [2.05, 4.69) is 9.98 Å². The molecule has 0 saturated heterocycles. The fraction of sp³-hybridized carbons (Fsp3) is 0.333. The minimum Gasteiger partial charge on any atom is -0.465 e. The number of hydrogen-bond acceptors (Lipinski definition) is 6. The van der Waals surface area contributed by atoms with Crippen molar-refractivity contribution in [1.29, 1.82) is 0 Å². The molecule has 0 fully saturated rings. The zero-order valence-electron chi connectivity index (χ0n) is 19.9. The summed E-state index contributed by atoms with van der Waals surface area (Å²) >= 11 is 6.58. The molecule has 1 aromatic heterocycles. The molecular weight excluding hydrogens is 487 g/mol. The number of rotatable bonds is 3. The normalized spacial score (nSPS) is 18.3. The number of benzene rings is 1. The SMILES string of the molecule is COC(=O)C1=C(Cl)N(C(=O)OC(C)(C)C)C(c2ncc(C)cc2F)=NC1(C)c1ccc(F)c(F)c1. The smallest absolute Gasteiger partial charge is 0.421 e. The molecule has 0 radical (unpaired) electrons. The summed E-state index contributed by atoms with van der Waals surface area (Å²) in [7, 11) is 1.07. The Morgan fingerprint density at radius 1 is 1.09 bits per heavy atom. The number of methoxy groups -OCH3 is 1. The number of aryl methyl sites for hydroxylation is 1. The first-order valence-corrected chi connectivity index (χ1v) is 10.8. The van der Waals surface area contributed by atoms with Crippen LogP contribution in [0.5, 0.6) is 0 Å². The minimum atomic E-state index is -1.83. The third kappa shape index (κ3) is 5.02. The summed E-state index contributed by atoms with van der Waals surface area (Å²) in [5.41, 5.74) is -3.10. The lowest BCUT2D eigenvalue weighted by Crippen LogP contribution is -2.47. The van der Waals surface area contributed by atoms with Crippen LogP contribution in [0.3, 0.4) is 0 Å². The van der Waals surface area contributed by atoms with E-state index in [0.29, 0.717) is 10.5 Å². The average Bonchev–Trinajstić information content (AvgIpc) is 2.73. The van der Waals surface area contributed by atoms with Crippen LogP contribution >= 0.6 is 11.6 Å². The van der Waals surface area contributed by atoms with Crippen molar-refractivity contribution in [3.63, 3.8) is 0 Å². The van der Waals surface area contributed by atoms with Crippen molar-refractivity contribution in [3.05, 3.63) is 75.5 Å². The second-order valence-electron chi connectivity index (χ2n) is 8.95. The van der Waals surface area contributed by atoms with Crippen LogP contribution in [0.1, 0.15) is 44.5 Å². The van der Waals surface area contributed by atoms with Gasteiger partial charge in [-0.2, -0.15) is 0 Å². The second-order valence-corrected chi connectivity index (χ2v) is 9.31. The van der Waals surface area contributed by atoms with Gasteiger partial charge in [-0.05, 0) is 63.9 Å². The zero-order valence-corrected chi connectivity index (χ0v) is 20.6. The van der Waals surface area contributed by atoms with Crippen LogP contribution in [0.2, 0.25) is 0 Å². The van der Waals surface area contributed by atoms with Crippen LogP contribution in [-0.4, -0.2) is 40.5 Å². The van der Waals surface area contributed by atoms with Crippen LogP contribution in [-0.2, 0) is 19.8 Å². The van der Waals surface area contributed by atoms with Crippen molar-refractivity contribution in [3.8, 4) is 0 Å². The van der Waals surface area contributed by atoms with E-state index in [0.717, 1.165) is 19.2 Å². The van der Waals surface area contributed by atoms with Crippen LogP contribution in [0.25, 0.3) is 0 Å². The molecule has 1 atom stereocenters. The molecule has 11 heteroatoms. The van der Waals surface area contributed by atoms with Crippen LogP contribution in [0.15, 0.2) is 46.2 Å². The Labute approximate surface area is 205 Å². The summed E-state index contributed by atoms with van der Waals surface area (Å²) in [6, 6.07) is 4.03. The number of aliphatic imine (C=N–C) groups is 1. The average molecular weight is 510 g/mol. The highest BCUT2D eigenvalue weighted by Crippen LogP contribution is 2.43. The number of carbonyl (C=O) groups is 2. The Bertz CT molecular complexity index is 1270. The van der Waals surface area contributed by atoms with Gasteiger partial charge in [0, 0.05) is 6.20 Å². The largest absolute Gasteiger partial charge is 0.465 e. The maximum Gasteiger partial charge on any atom is 0.421 e. The summed E-state index contributed by atoms with van der Waals surface area (Å²) < 4.78 is 53.2. The van der Waals surface area contributed by atoms with Gasteiger partial charge in [-0.15, -0.1) is 0 Å². The molecule has 186 valence electrons. The Kier molecular flexibility index (Phi) is 6.99. The minimum absolute atomic E-state index is 0.0104. The van der Waals surface area contributed by atoms with E-state index in [4.69, 9.17) is 21.1 Å². The number of hydrogen-bond donors (Lipinski definition) is 0. The van der Waals surface area contributed by atoms with Crippen molar-refractivity contribution in [2.75, 3.05) is 7.11 Å². The van der Waals surface area contributed by atoms with Gasteiger partial charge in [0.15, 0.2) is 23.3 Å².